The highest BCUT2D eigenvalue weighted by Crippen LogP contribution is 2.29. The van der Waals surface area contributed by atoms with Crippen molar-refractivity contribution in [2.24, 2.45) is 5.92 Å². The van der Waals surface area contributed by atoms with Gasteiger partial charge in [-0.05, 0) is 24.3 Å². The van der Waals surface area contributed by atoms with Gasteiger partial charge in [0.1, 0.15) is 5.75 Å². The Kier molecular flexibility index (Phi) is 6.81. The van der Waals surface area contributed by atoms with E-state index in [1.807, 2.05) is 18.2 Å². The Balaban J connectivity index is 1.31. The number of nitrogens with one attached hydrogen (secondary N) is 1. The van der Waals surface area contributed by atoms with Crippen LogP contribution in [0.25, 0.3) is 0 Å². The van der Waals surface area contributed by atoms with Crippen LogP contribution in [0.2, 0.25) is 0 Å². The zero-order valence-corrected chi connectivity index (χ0v) is 18.8. The molecule has 32 heavy (non-hydrogen) atoms. The number of rotatable bonds is 8. The standard InChI is InChI=1S/C22H20N4O4S2/c1-30-17-9-7-16(8-10-17)26-12-15(11-19(26)28)20(29)23-21-24-25-22(32-21)31-13-18(27)14-5-3-2-4-6-14/h2-10,15H,11-13H2,1H3,(H,23,24,29)/t15-/m0/s1. The molecule has 0 spiro atoms. The molecule has 164 valence electrons. The summed E-state index contributed by atoms with van der Waals surface area (Å²) < 4.78 is 5.73. The third kappa shape index (κ3) is 5.14. The van der Waals surface area contributed by atoms with E-state index in [1.54, 1.807) is 48.4 Å². The van der Waals surface area contributed by atoms with Gasteiger partial charge in [-0.25, -0.2) is 0 Å². The second-order valence-corrected chi connectivity index (χ2v) is 9.24. The van der Waals surface area contributed by atoms with Crippen LogP contribution in [0.5, 0.6) is 5.75 Å². The lowest BCUT2D eigenvalue weighted by atomic mass is 10.1. The maximum absolute atomic E-state index is 12.7. The Morgan fingerprint density at radius 2 is 1.91 bits per heavy atom. The van der Waals surface area contributed by atoms with E-state index in [0.717, 1.165) is 5.69 Å². The van der Waals surface area contributed by atoms with Crippen molar-refractivity contribution in [3.05, 3.63) is 60.2 Å². The molecule has 1 saturated heterocycles. The Labute approximate surface area is 193 Å². The molecule has 8 nitrogen and oxygen atoms in total. The second kappa shape index (κ2) is 9.92. The van der Waals surface area contributed by atoms with E-state index < -0.39 is 5.92 Å². The first-order valence-corrected chi connectivity index (χ1v) is 11.6. The first-order chi connectivity index (χ1) is 15.5. The number of nitrogens with zero attached hydrogens (tertiary/aromatic N) is 3. The van der Waals surface area contributed by atoms with E-state index in [-0.39, 0.29) is 29.8 Å². The van der Waals surface area contributed by atoms with Gasteiger partial charge in [0.15, 0.2) is 10.1 Å². The minimum Gasteiger partial charge on any atom is -0.497 e. The number of methoxy groups -OCH3 is 1. The highest BCUT2D eigenvalue weighted by atomic mass is 32.2. The lowest BCUT2D eigenvalue weighted by Crippen LogP contribution is -2.28. The minimum absolute atomic E-state index is 0.000484. The van der Waals surface area contributed by atoms with Crippen molar-refractivity contribution in [3.8, 4) is 5.75 Å². The normalized spacial score (nSPS) is 15.6. The summed E-state index contributed by atoms with van der Waals surface area (Å²) in [6.45, 7) is 0.295. The number of Topliss-reactive ketones (excluding diaryl/α,β-unsaturated/α-hetero) is 1. The number of hydrogen-bond donors (Lipinski definition) is 1. The van der Waals surface area contributed by atoms with Crippen LogP contribution in [0.4, 0.5) is 10.8 Å². The zero-order valence-electron chi connectivity index (χ0n) is 17.2. The summed E-state index contributed by atoms with van der Waals surface area (Å²) in [5.74, 6) is 0.0695. The third-order valence-corrected chi connectivity index (χ3v) is 6.91. The van der Waals surface area contributed by atoms with E-state index in [9.17, 15) is 14.4 Å². The van der Waals surface area contributed by atoms with Gasteiger partial charge < -0.3 is 15.0 Å². The Hall–Kier alpha value is -3.24. The molecule has 10 heteroatoms. The topological polar surface area (TPSA) is 101 Å². The number of benzene rings is 2. The molecule has 1 aliphatic rings. The van der Waals surface area contributed by atoms with E-state index in [0.29, 0.717) is 27.3 Å². The average molecular weight is 469 g/mol. The quantitative estimate of drug-likeness (QED) is 0.307. The largest absolute Gasteiger partial charge is 0.497 e. The smallest absolute Gasteiger partial charge is 0.231 e. The Bertz CT molecular complexity index is 1120. The number of anilines is 2. The van der Waals surface area contributed by atoms with Crippen molar-refractivity contribution in [2.75, 3.05) is 29.6 Å². The predicted octanol–water partition coefficient (Wildman–Crippen LogP) is 3.51. The number of carbonyl (C=O) groups is 3. The van der Waals surface area contributed by atoms with Crippen LogP contribution in [-0.4, -0.2) is 47.2 Å². The molecule has 3 aromatic rings. The molecular formula is C22H20N4O4S2. The van der Waals surface area contributed by atoms with Crippen LogP contribution in [0, 0.1) is 5.92 Å². The molecule has 0 bridgehead atoms. The van der Waals surface area contributed by atoms with Crippen molar-refractivity contribution in [1.82, 2.24) is 10.2 Å². The van der Waals surface area contributed by atoms with Gasteiger partial charge in [0, 0.05) is 24.2 Å². The maximum Gasteiger partial charge on any atom is 0.231 e. The molecule has 2 heterocycles. The fourth-order valence-electron chi connectivity index (χ4n) is 3.26. The maximum atomic E-state index is 12.7. The van der Waals surface area contributed by atoms with Gasteiger partial charge >= 0.3 is 0 Å². The zero-order chi connectivity index (χ0) is 22.5. The molecule has 1 atom stereocenters. The fraction of sp³-hybridized carbons (Fsp3) is 0.227. The van der Waals surface area contributed by atoms with Crippen molar-refractivity contribution in [3.63, 3.8) is 0 Å². The van der Waals surface area contributed by atoms with Crippen LogP contribution in [0.15, 0.2) is 58.9 Å². The van der Waals surface area contributed by atoms with E-state index >= 15 is 0 Å². The highest BCUT2D eigenvalue weighted by molar-refractivity contribution is 8.01. The van der Waals surface area contributed by atoms with Crippen molar-refractivity contribution in [2.45, 2.75) is 10.8 Å². The number of carbonyl (C=O) groups excluding carboxylic acids is 3. The van der Waals surface area contributed by atoms with E-state index in [4.69, 9.17) is 4.74 Å². The Morgan fingerprint density at radius 1 is 1.16 bits per heavy atom. The summed E-state index contributed by atoms with van der Waals surface area (Å²) in [5.41, 5.74) is 1.37. The predicted molar refractivity (Wildman–Crippen MR) is 123 cm³/mol. The van der Waals surface area contributed by atoms with Crippen LogP contribution in [0.3, 0.4) is 0 Å². The monoisotopic (exact) mass is 468 g/mol. The second-order valence-electron chi connectivity index (χ2n) is 7.04. The van der Waals surface area contributed by atoms with Gasteiger partial charge in [0.25, 0.3) is 0 Å². The van der Waals surface area contributed by atoms with Gasteiger partial charge in [-0.2, -0.15) is 0 Å². The Morgan fingerprint density at radius 3 is 2.62 bits per heavy atom. The molecule has 0 unspecified atom stereocenters. The molecule has 0 aliphatic carbocycles. The molecule has 0 saturated carbocycles. The number of thioether (sulfide) groups is 1. The number of ether oxygens (including phenoxy) is 1. The van der Waals surface area contributed by atoms with Crippen molar-refractivity contribution < 1.29 is 19.1 Å². The molecule has 0 radical (unpaired) electrons. The van der Waals surface area contributed by atoms with Gasteiger partial charge in [-0.3, -0.25) is 14.4 Å². The molecule has 1 aliphatic heterocycles. The lowest BCUT2D eigenvalue weighted by molar-refractivity contribution is -0.122. The first kappa shape index (κ1) is 22.0. The van der Waals surface area contributed by atoms with Gasteiger partial charge in [0.05, 0.1) is 18.8 Å². The number of aromatic nitrogens is 2. The van der Waals surface area contributed by atoms with Gasteiger partial charge in [0.2, 0.25) is 16.9 Å². The van der Waals surface area contributed by atoms with Crippen LogP contribution in [-0.2, 0) is 9.59 Å². The van der Waals surface area contributed by atoms with E-state index in [2.05, 4.69) is 15.5 Å². The van der Waals surface area contributed by atoms with Gasteiger partial charge in [-0.15, -0.1) is 10.2 Å². The average Bonchev–Trinajstić information content (AvgIpc) is 3.44. The number of ketones is 1. The highest BCUT2D eigenvalue weighted by Gasteiger charge is 2.35. The summed E-state index contributed by atoms with van der Waals surface area (Å²) in [5, 5.41) is 11.1. The summed E-state index contributed by atoms with van der Waals surface area (Å²) in [6, 6.07) is 16.2. The van der Waals surface area contributed by atoms with Crippen molar-refractivity contribution >= 4 is 51.5 Å². The van der Waals surface area contributed by atoms with Crippen molar-refractivity contribution in [1.29, 1.82) is 0 Å². The SMILES string of the molecule is COc1ccc(N2C[C@@H](C(=O)Nc3nnc(SCC(=O)c4ccccc4)s3)CC2=O)cc1. The van der Waals surface area contributed by atoms with Crippen LogP contribution >= 0.6 is 23.1 Å². The summed E-state index contributed by atoms with van der Waals surface area (Å²) >= 11 is 2.48. The number of amides is 2. The molecule has 4 rings (SSSR count). The van der Waals surface area contributed by atoms with E-state index in [1.165, 1.54) is 23.1 Å². The molecule has 2 aromatic carbocycles. The molecule has 1 N–H and O–H groups in total. The molecule has 1 aromatic heterocycles. The first-order valence-electron chi connectivity index (χ1n) is 9.83. The third-order valence-electron chi connectivity index (χ3n) is 4.94. The number of hydrogen-bond acceptors (Lipinski definition) is 8. The molecular weight excluding hydrogens is 448 g/mol. The van der Waals surface area contributed by atoms with Crippen LogP contribution < -0.4 is 15.0 Å². The van der Waals surface area contributed by atoms with Gasteiger partial charge in [-0.1, -0.05) is 53.4 Å². The summed E-state index contributed by atoms with van der Waals surface area (Å²) in [6.07, 6.45) is 0.129. The summed E-state index contributed by atoms with van der Waals surface area (Å²) in [7, 11) is 1.58. The van der Waals surface area contributed by atoms with Crippen LogP contribution in [0.1, 0.15) is 16.8 Å². The minimum atomic E-state index is -0.482. The molecule has 2 amide bonds. The molecule has 1 fully saturated rings. The lowest BCUT2D eigenvalue weighted by Gasteiger charge is -2.16. The summed E-state index contributed by atoms with van der Waals surface area (Å²) in [4.78, 5) is 38.9. The fourth-order valence-corrected chi connectivity index (χ4v) is 4.91.